The number of nitrogens with one attached hydrogen (secondary N) is 1. The predicted molar refractivity (Wildman–Crippen MR) is 115 cm³/mol. The van der Waals surface area contributed by atoms with Gasteiger partial charge in [-0.15, -0.1) is 0 Å². The van der Waals surface area contributed by atoms with Crippen LogP contribution in [0.2, 0.25) is 0 Å². The van der Waals surface area contributed by atoms with Crippen molar-refractivity contribution in [1.29, 1.82) is 0 Å². The molecule has 4 aromatic rings. The maximum Gasteiger partial charge on any atom is 0.256 e. The van der Waals surface area contributed by atoms with Crippen molar-refractivity contribution in [3.63, 3.8) is 0 Å². The first-order valence-corrected chi connectivity index (χ1v) is 10.3. The van der Waals surface area contributed by atoms with Crippen molar-refractivity contribution >= 4 is 49.2 Å². The van der Waals surface area contributed by atoms with Crippen LogP contribution in [0.3, 0.4) is 0 Å². The second-order valence-electron chi connectivity index (χ2n) is 6.08. The third-order valence-corrected chi connectivity index (χ3v) is 5.56. The number of carbonyl (C=O) groups is 1. The van der Waals surface area contributed by atoms with E-state index in [1.165, 1.54) is 11.3 Å². The average Bonchev–Trinajstić information content (AvgIpc) is 3.26. The predicted octanol–water partition coefficient (Wildman–Crippen LogP) is 5.20. The Morgan fingerprint density at radius 1 is 1.25 bits per heavy atom. The second kappa shape index (κ2) is 7.73. The molecule has 0 aliphatic carbocycles. The topological polar surface area (TPSA) is 69.0 Å². The van der Waals surface area contributed by atoms with E-state index in [2.05, 4.69) is 26.3 Å². The third-order valence-electron chi connectivity index (χ3n) is 4.03. The third kappa shape index (κ3) is 3.65. The maximum atomic E-state index is 12.6. The van der Waals surface area contributed by atoms with Gasteiger partial charge < -0.3 is 10.1 Å². The number of para-hydroxylation sites is 1. The Labute approximate surface area is 174 Å². The van der Waals surface area contributed by atoms with Crippen molar-refractivity contribution in [2.75, 3.05) is 11.9 Å². The van der Waals surface area contributed by atoms with E-state index in [0.29, 0.717) is 23.1 Å². The van der Waals surface area contributed by atoms with Gasteiger partial charge in [-0.25, -0.2) is 4.98 Å². The molecular formula is C20H17BrN4O2S. The second-order valence-corrected chi connectivity index (χ2v) is 8.00. The van der Waals surface area contributed by atoms with Gasteiger partial charge in [0.1, 0.15) is 17.1 Å². The van der Waals surface area contributed by atoms with Gasteiger partial charge in [0.2, 0.25) is 5.13 Å². The van der Waals surface area contributed by atoms with Crippen LogP contribution in [0.4, 0.5) is 5.82 Å². The number of aryl methyl sites for hydroxylation is 1. The normalized spacial score (nSPS) is 11.0. The first kappa shape index (κ1) is 18.6. The van der Waals surface area contributed by atoms with Gasteiger partial charge in [0.05, 0.1) is 17.0 Å². The number of ether oxygens (including phenoxy) is 1. The highest BCUT2D eigenvalue weighted by molar-refractivity contribution is 9.10. The van der Waals surface area contributed by atoms with E-state index in [1.807, 2.05) is 50.2 Å². The first-order chi connectivity index (χ1) is 13.5. The molecule has 0 spiro atoms. The van der Waals surface area contributed by atoms with Crippen molar-refractivity contribution in [1.82, 2.24) is 14.8 Å². The smallest absolute Gasteiger partial charge is 0.256 e. The van der Waals surface area contributed by atoms with Gasteiger partial charge in [0.25, 0.3) is 5.91 Å². The summed E-state index contributed by atoms with van der Waals surface area (Å²) in [5.41, 5.74) is 2.15. The number of aromatic nitrogens is 3. The van der Waals surface area contributed by atoms with Gasteiger partial charge in [0.15, 0.2) is 0 Å². The van der Waals surface area contributed by atoms with Gasteiger partial charge in [-0.3, -0.25) is 4.79 Å². The molecule has 0 aliphatic rings. The van der Waals surface area contributed by atoms with E-state index < -0.39 is 0 Å². The number of benzene rings is 2. The number of amides is 1. The summed E-state index contributed by atoms with van der Waals surface area (Å²) in [6, 6.07) is 14.9. The van der Waals surface area contributed by atoms with Gasteiger partial charge >= 0.3 is 0 Å². The summed E-state index contributed by atoms with van der Waals surface area (Å²) in [6.07, 6.45) is 0. The minimum Gasteiger partial charge on any atom is -0.492 e. The van der Waals surface area contributed by atoms with Gasteiger partial charge in [-0.1, -0.05) is 33.3 Å². The molecule has 0 atom stereocenters. The van der Waals surface area contributed by atoms with E-state index in [9.17, 15) is 4.79 Å². The van der Waals surface area contributed by atoms with Crippen molar-refractivity contribution in [3.8, 4) is 10.9 Å². The Balaban J connectivity index is 1.70. The first-order valence-electron chi connectivity index (χ1n) is 8.71. The fourth-order valence-electron chi connectivity index (χ4n) is 2.80. The molecule has 8 heteroatoms. The van der Waals surface area contributed by atoms with Crippen molar-refractivity contribution in [2.24, 2.45) is 0 Å². The van der Waals surface area contributed by atoms with E-state index in [-0.39, 0.29) is 5.91 Å². The number of thiazole rings is 1. The summed E-state index contributed by atoms with van der Waals surface area (Å²) in [7, 11) is 0. The molecular weight excluding hydrogens is 440 g/mol. The number of nitrogens with zero attached hydrogens (tertiary/aromatic N) is 3. The summed E-state index contributed by atoms with van der Waals surface area (Å²) in [4.78, 5) is 17.3. The average molecular weight is 457 g/mol. The molecule has 2 aromatic carbocycles. The summed E-state index contributed by atoms with van der Waals surface area (Å²) in [6.45, 7) is 4.39. The number of rotatable bonds is 5. The highest BCUT2D eigenvalue weighted by Gasteiger charge is 2.17. The number of hydrogen-bond donors (Lipinski definition) is 1. The molecule has 6 nitrogen and oxygen atoms in total. The van der Waals surface area contributed by atoms with Crippen LogP contribution >= 0.6 is 27.3 Å². The monoisotopic (exact) mass is 456 g/mol. The molecule has 0 radical (unpaired) electrons. The lowest BCUT2D eigenvalue weighted by Gasteiger charge is -2.06. The molecule has 1 N–H and O–H groups in total. The molecule has 0 aliphatic heterocycles. The Bertz CT molecular complexity index is 1150. The van der Waals surface area contributed by atoms with Crippen LogP contribution in [0.5, 0.6) is 5.75 Å². The number of halogens is 1. The Morgan fingerprint density at radius 3 is 2.79 bits per heavy atom. The standard InChI is InChI=1S/C20H17BrN4O2S/c1-3-27-15-5-4-6-16-18(15)23-20(28-16)25-17(11-12(2)24-25)22-19(26)13-7-9-14(21)10-8-13/h4-11H,3H2,1-2H3,(H,22,26). The lowest BCUT2D eigenvalue weighted by atomic mass is 10.2. The molecule has 28 heavy (non-hydrogen) atoms. The molecule has 0 saturated heterocycles. The maximum absolute atomic E-state index is 12.6. The fraction of sp³-hybridized carbons (Fsp3) is 0.150. The molecule has 0 fully saturated rings. The molecule has 4 rings (SSSR count). The minimum atomic E-state index is -0.204. The van der Waals surface area contributed by atoms with Crippen LogP contribution in [0.1, 0.15) is 23.0 Å². The zero-order valence-corrected chi connectivity index (χ0v) is 17.7. The number of fused-ring (bicyclic) bond motifs is 1. The lowest BCUT2D eigenvalue weighted by Crippen LogP contribution is -2.15. The van der Waals surface area contributed by atoms with Gasteiger partial charge in [-0.05, 0) is 50.2 Å². The molecule has 0 saturated carbocycles. The fourth-order valence-corrected chi connectivity index (χ4v) is 4.01. The van der Waals surface area contributed by atoms with Gasteiger partial charge in [-0.2, -0.15) is 9.78 Å². The van der Waals surface area contributed by atoms with Crippen molar-refractivity contribution < 1.29 is 9.53 Å². The van der Waals surface area contributed by atoms with Crippen molar-refractivity contribution in [3.05, 3.63) is 64.3 Å². The van der Waals surface area contributed by atoms with Crippen LogP contribution in [0.15, 0.2) is 53.0 Å². The van der Waals surface area contributed by atoms with E-state index in [0.717, 1.165) is 26.1 Å². The lowest BCUT2D eigenvalue weighted by molar-refractivity contribution is 0.102. The van der Waals surface area contributed by atoms with E-state index >= 15 is 0 Å². The van der Waals surface area contributed by atoms with Crippen LogP contribution < -0.4 is 10.1 Å². The molecule has 0 bridgehead atoms. The van der Waals surface area contributed by atoms with E-state index in [4.69, 9.17) is 9.72 Å². The highest BCUT2D eigenvalue weighted by Crippen LogP contribution is 2.32. The quantitative estimate of drug-likeness (QED) is 0.447. The Kier molecular flexibility index (Phi) is 5.15. The van der Waals surface area contributed by atoms with Crippen LogP contribution in [0, 0.1) is 6.92 Å². The van der Waals surface area contributed by atoms with Gasteiger partial charge in [0, 0.05) is 16.1 Å². The summed E-state index contributed by atoms with van der Waals surface area (Å²) in [5.74, 6) is 1.11. The Morgan fingerprint density at radius 2 is 2.04 bits per heavy atom. The zero-order valence-electron chi connectivity index (χ0n) is 15.3. The Hall–Kier alpha value is -2.71. The van der Waals surface area contributed by atoms with Crippen LogP contribution in [0.25, 0.3) is 15.3 Å². The summed E-state index contributed by atoms with van der Waals surface area (Å²) >= 11 is 4.87. The summed E-state index contributed by atoms with van der Waals surface area (Å²) < 4.78 is 9.26. The van der Waals surface area contributed by atoms with E-state index in [1.54, 1.807) is 16.8 Å². The zero-order chi connectivity index (χ0) is 19.7. The molecule has 2 heterocycles. The highest BCUT2D eigenvalue weighted by atomic mass is 79.9. The molecule has 0 unspecified atom stereocenters. The SMILES string of the molecule is CCOc1cccc2sc(-n3nc(C)cc3NC(=O)c3ccc(Br)cc3)nc12. The minimum absolute atomic E-state index is 0.204. The molecule has 142 valence electrons. The number of hydrogen-bond acceptors (Lipinski definition) is 5. The summed E-state index contributed by atoms with van der Waals surface area (Å²) in [5, 5.41) is 8.11. The van der Waals surface area contributed by atoms with Crippen LogP contribution in [-0.2, 0) is 0 Å². The number of anilines is 1. The molecule has 1 amide bonds. The number of carbonyl (C=O) groups excluding carboxylic acids is 1. The van der Waals surface area contributed by atoms with Crippen molar-refractivity contribution in [2.45, 2.75) is 13.8 Å². The van der Waals surface area contributed by atoms with Crippen LogP contribution in [-0.4, -0.2) is 27.3 Å². The largest absolute Gasteiger partial charge is 0.492 e. The molecule has 2 aromatic heterocycles.